The minimum atomic E-state index is -4.06. The van der Waals surface area contributed by atoms with Crippen LogP contribution in [0.25, 0.3) is 10.9 Å². The average Bonchev–Trinajstić information content (AvgIpc) is 3.84. The fourth-order valence-corrected chi connectivity index (χ4v) is 9.42. The van der Waals surface area contributed by atoms with Crippen LogP contribution in [0.4, 0.5) is 4.79 Å². The van der Waals surface area contributed by atoms with Crippen LogP contribution < -0.4 is 5.32 Å². The van der Waals surface area contributed by atoms with Crippen molar-refractivity contribution in [3.8, 4) is 0 Å². The number of nitrogens with zero attached hydrogens (tertiary/aromatic N) is 5. The van der Waals surface area contributed by atoms with E-state index >= 15 is 0 Å². The molecule has 0 radical (unpaired) electrons. The number of sulfonamides is 1. The van der Waals surface area contributed by atoms with E-state index in [9.17, 15) is 23.1 Å². The Morgan fingerprint density at radius 1 is 1.02 bits per heavy atom. The second kappa shape index (κ2) is 18.2. The zero-order valence-electron chi connectivity index (χ0n) is 31.6. The summed E-state index contributed by atoms with van der Waals surface area (Å²) in [5.74, 6) is -0.433. The summed E-state index contributed by atoms with van der Waals surface area (Å²) in [5, 5.41) is 28.1. The molecule has 1 aromatic heterocycles. The van der Waals surface area contributed by atoms with Gasteiger partial charge in [-0.25, -0.2) is 13.2 Å². The lowest BCUT2D eigenvalue weighted by atomic mass is 9.95. The van der Waals surface area contributed by atoms with Crippen molar-refractivity contribution in [1.29, 1.82) is 0 Å². The van der Waals surface area contributed by atoms with Crippen LogP contribution in [0.3, 0.4) is 0 Å². The molecule has 0 bridgehead atoms. The maximum atomic E-state index is 14.5. The Hall–Kier alpha value is -4.85. The lowest BCUT2D eigenvalue weighted by Crippen LogP contribution is -2.57. The molecule has 2 fully saturated rings. The summed E-state index contributed by atoms with van der Waals surface area (Å²) in [6.07, 6.45) is 6.41. The minimum absolute atomic E-state index is 0.0603. The smallest absolute Gasteiger partial charge is 0.321 e. The van der Waals surface area contributed by atoms with Crippen LogP contribution in [0.15, 0.2) is 101 Å². The maximum absolute atomic E-state index is 14.5. The third-order valence-corrected chi connectivity index (χ3v) is 13.0. The van der Waals surface area contributed by atoms with Gasteiger partial charge < -0.3 is 25.4 Å². The van der Waals surface area contributed by atoms with E-state index in [-0.39, 0.29) is 48.2 Å². The maximum Gasteiger partial charge on any atom is 0.321 e. The molecule has 4 aromatic rings. The Morgan fingerprint density at radius 2 is 1.73 bits per heavy atom. The zero-order valence-corrected chi connectivity index (χ0v) is 32.4. The van der Waals surface area contributed by atoms with Gasteiger partial charge in [-0.15, -0.1) is 0 Å². The van der Waals surface area contributed by atoms with Crippen molar-refractivity contribution in [3.63, 3.8) is 0 Å². The number of aliphatic hydroxyl groups is 1. The molecule has 3 amide bonds. The highest BCUT2D eigenvalue weighted by atomic mass is 32.2. The molecule has 13 heteroatoms. The SMILES string of the molecule is CC[C@H](C)[C@@H](C(=O)N[C@@H](Cc1ccccc1)[C@H](O)CN(CC1CCCC1)S(=O)(=O)c1ccc(/C=N/O)cc1)N1CCN(Cc2ccnc3ccccc23)C1=O. The summed E-state index contributed by atoms with van der Waals surface area (Å²) in [4.78, 5) is 36.4. The van der Waals surface area contributed by atoms with E-state index in [4.69, 9.17) is 5.21 Å². The van der Waals surface area contributed by atoms with Gasteiger partial charge in [-0.2, -0.15) is 4.31 Å². The largest absolute Gasteiger partial charge is 0.411 e. The van der Waals surface area contributed by atoms with Crippen molar-refractivity contribution >= 4 is 39.1 Å². The van der Waals surface area contributed by atoms with Crippen LogP contribution in [-0.4, -0.2) is 100 Å². The minimum Gasteiger partial charge on any atom is -0.411 e. The van der Waals surface area contributed by atoms with Crippen LogP contribution in [0.2, 0.25) is 0 Å². The highest BCUT2D eigenvalue weighted by Crippen LogP contribution is 2.29. The van der Waals surface area contributed by atoms with E-state index in [1.54, 1.807) is 28.1 Å². The molecule has 55 heavy (non-hydrogen) atoms. The normalized spacial score (nSPS) is 17.6. The number of carbonyl (C=O) groups is 2. The van der Waals surface area contributed by atoms with Crippen LogP contribution in [0.1, 0.15) is 62.6 Å². The van der Waals surface area contributed by atoms with E-state index < -0.39 is 28.2 Å². The molecule has 1 aliphatic heterocycles. The van der Waals surface area contributed by atoms with Crippen molar-refractivity contribution in [1.82, 2.24) is 24.4 Å². The monoisotopic (exact) mass is 768 g/mol. The molecule has 12 nitrogen and oxygen atoms in total. The number of oxime groups is 1. The zero-order chi connectivity index (χ0) is 39.0. The number of nitrogens with one attached hydrogen (secondary N) is 1. The van der Waals surface area contributed by atoms with Crippen LogP contribution in [0.5, 0.6) is 0 Å². The van der Waals surface area contributed by atoms with Gasteiger partial charge in [0.05, 0.1) is 28.8 Å². The van der Waals surface area contributed by atoms with E-state index in [0.29, 0.717) is 31.6 Å². The number of urea groups is 1. The standard InChI is InChI=1S/C42H52N6O6S/c1-3-30(2)40(48-24-23-46(42(48)51)28-34-21-22-43-37-16-10-9-15-36(34)37)41(50)45-38(25-31-11-5-4-6-12-31)39(49)29-47(27-33-13-7-8-14-33)55(53,54)35-19-17-32(18-20-35)26-44-52/h4-6,9-12,15-22,26,30,33,38-40,49,52H,3,7-8,13-14,23-25,27-29H2,1-2H3,(H,45,50)/b44-26+/t30-,38-,39+,40-/m0/s1. The predicted molar refractivity (Wildman–Crippen MR) is 212 cm³/mol. The summed E-state index contributed by atoms with van der Waals surface area (Å²) in [7, 11) is -4.06. The molecule has 292 valence electrons. The number of pyridine rings is 1. The van der Waals surface area contributed by atoms with Gasteiger partial charge in [-0.1, -0.05) is 98.9 Å². The topological polar surface area (TPSA) is 156 Å². The Balaban J connectivity index is 1.24. The first-order valence-corrected chi connectivity index (χ1v) is 20.7. The number of hydrogen-bond acceptors (Lipinski definition) is 8. The van der Waals surface area contributed by atoms with Gasteiger partial charge in [0.2, 0.25) is 15.9 Å². The molecule has 1 saturated heterocycles. The molecule has 1 aliphatic carbocycles. The van der Waals surface area contributed by atoms with Crippen LogP contribution >= 0.6 is 0 Å². The molecular weight excluding hydrogens is 717 g/mol. The Kier molecular flexibility index (Phi) is 13.2. The molecule has 2 heterocycles. The lowest BCUT2D eigenvalue weighted by Gasteiger charge is -2.35. The van der Waals surface area contributed by atoms with E-state index in [2.05, 4.69) is 15.5 Å². The summed E-state index contributed by atoms with van der Waals surface area (Å²) in [5.41, 5.74) is 3.23. The number of amides is 3. The molecule has 3 N–H and O–H groups in total. The second-order valence-electron chi connectivity index (χ2n) is 14.9. The van der Waals surface area contributed by atoms with E-state index in [0.717, 1.165) is 47.7 Å². The van der Waals surface area contributed by atoms with Crippen molar-refractivity contribution in [2.75, 3.05) is 26.2 Å². The first kappa shape index (κ1) is 39.8. The lowest BCUT2D eigenvalue weighted by molar-refractivity contribution is -0.128. The van der Waals surface area contributed by atoms with Crippen LogP contribution in [-0.2, 0) is 27.8 Å². The van der Waals surface area contributed by atoms with Gasteiger partial charge in [0.15, 0.2) is 0 Å². The van der Waals surface area contributed by atoms with Crippen LogP contribution in [0, 0.1) is 11.8 Å². The quantitative estimate of drug-likeness (QED) is 0.0711. The molecular formula is C42H52N6O6S. The molecule has 1 saturated carbocycles. The first-order valence-electron chi connectivity index (χ1n) is 19.3. The van der Waals surface area contributed by atoms with E-state index in [1.165, 1.54) is 22.7 Å². The third kappa shape index (κ3) is 9.52. The highest BCUT2D eigenvalue weighted by Gasteiger charge is 2.41. The Morgan fingerprint density at radius 3 is 2.44 bits per heavy atom. The van der Waals surface area contributed by atoms with Gasteiger partial charge in [0, 0.05) is 44.3 Å². The number of fused-ring (bicyclic) bond motifs is 1. The van der Waals surface area contributed by atoms with Gasteiger partial charge in [0.25, 0.3) is 0 Å². The number of aromatic nitrogens is 1. The number of carbonyl (C=O) groups excluding carboxylic acids is 2. The van der Waals surface area contributed by atoms with Gasteiger partial charge >= 0.3 is 6.03 Å². The number of benzene rings is 3. The van der Waals surface area contributed by atoms with E-state index in [1.807, 2.05) is 74.5 Å². The predicted octanol–water partition coefficient (Wildman–Crippen LogP) is 5.66. The summed E-state index contributed by atoms with van der Waals surface area (Å²) in [6, 6.07) is 23.4. The molecule has 0 unspecified atom stereocenters. The number of hydrogen-bond donors (Lipinski definition) is 3. The fraction of sp³-hybridized carbons (Fsp3) is 0.429. The molecule has 2 aliphatic rings. The summed E-state index contributed by atoms with van der Waals surface area (Å²) < 4.78 is 29.8. The van der Waals surface area contributed by atoms with Crippen molar-refractivity contribution in [2.24, 2.45) is 17.0 Å². The van der Waals surface area contributed by atoms with Gasteiger partial charge in [-0.3, -0.25) is 9.78 Å². The van der Waals surface area contributed by atoms with Gasteiger partial charge in [-0.05, 0) is 72.1 Å². The Bertz CT molecular complexity index is 2040. The average molecular weight is 769 g/mol. The summed E-state index contributed by atoms with van der Waals surface area (Å²) in [6.45, 7) is 5.14. The number of rotatable bonds is 17. The first-order chi connectivity index (χ1) is 26.6. The Labute approximate surface area is 323 Å². The highest BCUT2D eigenvalue weighted by molar-refractivity contribution is 7.89. The van der Waals surface area contributed by atoms with Crippen molar-refractivity contribution in [3.05, 3.63) is 108 Å². The number of aliphatic hydroxyl groups excluding tert-OH is 1. The fourth-order valence-electron chi connectivity index (χ4n) is 7.88. The molecule has 0 spiro atoms. The summed E-state index contributed by atoms with van der Waals surface area (Å²) >= 11 is 0. The third-order valence-electron chi connectivity index (χ3n) is 11.2. The molecule has 6 rings (SSSR count). The van der Waals surface area contributed by atoms with Crippen molar-refractivity contribution < 1.29 is 28.3 Å². The number of para-hydroxylation sites is 1. The van der Waals surface area contributed by atoms with Crippen molar-refractivity contribution in [2.45, 2.75) is 82.0 Å². The second-order valence-corrected chi connectivity index (χ2v) is 16.8. The molecule has 4 atom stereocenters. The molecule has 3 aromatic carbocycles. The van der Waals surface area contributed by atoms with Gasteiger partial charge in [0.1, 0.15) is 6.04 Å².